The van der Waals surface area contributed by atoms with Crippen molar-refractivity contribution in [2.75, 3.05) is 6.54 Å². The normalized spacial score (nSPS) is 20.1. The van der Waals surface area contributed by atoms with Gasteiger partial charge in [-0.25, -0.2) is 0 Å². The molecule has 2 heterocycles. The van der Waals surface area contributed by atoms with Crippen LogP contribution in [0.25, 0.3) is 0 Å². The van der Waals surface area contributed by atoms with Gasteiger partial charge in [-0.2, -0.15) is 0 Å². The summed E-state index contributed by atoms with van der Waals surface area (Å²) in [5, 5.41) is 0. The molecular formula is C23H30N2O2. The lowest BCUT2D eigenvalue weighted by atomic mass is 9.84. The van der Waals surface area contributed by atoms with E-state index in [1.54, 1.807) is 6.20 Å². The highest BCUT2D eigenvalue weighted by Gasteiger charge is 2.40. The van der Waals surface area contributed by atoms with E-state index in [9.17, 15) is 9.59 Å². The number of hydrogen-bond acceptors (Lipinski definition) is 2. The summed E-state index contributed by atoms with van der Waals surface area (Å²) in [6.07, 6.45) is 4.26. The smallest absolute Gasteiger partial charge is 0.259 e. The van der Waals surface area contributed by atoms with Crippen molar-refractivity contribution in [1.29, 1.82) is 0 Å². The van der Waals surface area contributed by atoms with Crippen LogP contribution in [0.4, 0.5) is 0 Å². The minimum atomic E-state index is -0.266. The maximum Gasteiger partial charge on any atom is 0.259 e. The first-order chi connectivity index (χ1) is 12.6. The van der Waals surface area contributed by atoms with Gasteiger partial charge in [0.1, 0.15) is 5.56 Å². The number of H-pyrrole nitrogens is 1. The highest BCUT2D eigenvalue weighted by Crippen LogP contribution is 2.34. The second-order valence-electron chi connectivity index (χ2n) is 9.07. The Hall–Kier alpha value is -2.36. The van der Waals surface area contributed by atoms with Crippen molar-refractivity contribution >= 4 is 5.91 Å². The second kappa shape index (κ2) is 6.99. The van der Waals surface area contributed by atoms with Crippen LogP contribution in [0.3, 0.4) is 0 Å². The summed E-state index contributed by atoms with van der Waals surface area (Å²) in [6, 6.07) is 10.2. The van der Waals surface area contributed by atoms with Crippen molar-refractivity contribution in [3.05, 3.63) is 69.1 Å². The summed E-state index contributed by atoms with van der Waals surface area (Å²) in [5.41, 5.74) is 3.18. The first-order valence-electron chi connectivity index (χ1n) is 9.71. The number of aromatic amines is 1. The van der Waals surface area contributed by atoms with Gasteiger partial charge in [-0.3, -0.25) is 9.59 Å². The van der Waals surface area contributed by atoms with Crippen LogP contribution in [-0.2, 0) is 11.8 Å². The van der Waals surface area contributed by atoms with Crippen LogP contribution in [0, 0.1) is 6.92 Å². The Labute approximate surface area is 161 Å². The number of nitrogens with one attached hydrogen (secondary N) is 1. The van der Waals surface area contributed by atoms with Gasteiger partial charge in [0, 0.05) is 30.0 Å². The van der Waals surface area contributed by atoms with Gasteiger partial charge in [0.05, 0.1) is 0 Å². The summed E-state index contributed by atoms with van der Waals surface area (Å²) < 4.78 is 0. The number of rotatable bonds is 3. The summed E-state index contributed by atoms with van der Waals surface area (Å²) in [6.45, 7) is 11.3. The number of carbonyl (C=O) groups excluding carboxylic acids is 1. The molecule has 1 aliphatic heterocycles. The lowest BCUT2D eigenvalue weighted by Crippen LogP contribution is -2.47. The average Bonchev–Trinajstić information content (AvgIpc) is 2.95. The Kier molecular flexibility index (Phi) is 5.02. The Morgan fingerprint density at radius 3 is 2.48 bits per heavy atom. The molecule has 1 aliphatic rings. The largest absolute Gasteiger partial charge is 0.364 e. The molecule has 1 atom stereocenters. The SMILES string of the molecule is Cc1cc(=O)c(C(=O)N2CCCC2(C)Cc2ccc(C(C)(C)C)cc2)c[nH]1. The zero-order valence-electron chi connectivity index (χ0n) is 17.1. The number of hydrogen-bond donors (Lipinski definition) is 1. The maximum atomic E-state index is 13.1. The van der Waals surface area contributed by atoms with E-state index in [0.717, 1.165) is 25.0 Å². The zero-order valence-corrected chi connectivity index (χ0v) is 17.1. The molecule has 1 N–H and O–H groups in total. The highest BCUT2D eigenvalue weighted by atomic mass is 16.2. The van der Waals surface area contributed by atoms with E-state index in [2.05, 4.69) is 56.9 Å². The third-order valence-electron chi connectivity index (χ3n) is 5.69. The van der Waals surface area contributed by atoms with Gasteiger partial charge in [-0.15, -0.1) is 0 Å². The van der Waals surface area contributed by atoms with E-state index in [-0.39, 0.29) is 27.9 Å². The quantitative estimate of drug-likeness (QED) is 0.884. The molecule has 0 aliphatic carbocycles. The Bertz CT molecular complexity index is 890. The van der Waals surface area contributed by atoms with E-state index >= 15 is 0 Å². The van der Waals surface area contributed by atoms with Gasteiger partial charge in [0.15, 0.2) is 5.43 Å². The molecule has 1 unspecified atom stereocenters. The van der Waals surface area contributed by atoms with E-state index < -0.39 is 0 Å². The van der Waals surface area contributed by atoms with Gasteiger partial charge >= 0.3 is 0 Å². The van der Waals surface area contributed by atoms with Crippen LogP contribution in [0.5, 0.6) is 0 Å². The second-order valence-corrected chi connectivity index (χ2v) is 9.07. The molecule has 0 radical (unpaired) electrons. The molecule has 1 saturated heterocycles. The third-order valence-corrected chi connectivity index (χ3v) is 5.69. The number of carbonyl (C=O) groups is 1. The molecule has 0 saturated carbocycles. The van der Waals surface area contributed by atoms with Gasteiger partial charge in [0.25, 0.3) is 5.91 Å². The standard InChI is InChI=1S/C23H30N2O2/c1-16-13-20(26)19(15-24-16)21(27)25-12-6-11-23(25,5)14-17-7-9-18(10-8-17)22(2,3)4/h7-10,13,15H,6,11-12,14H2,1-5H3,(H,24,26). The van der Waals surface area contributed by atoms with Gasteiger partial charge in [-0.05, 0) is 49.7 Å². The molecule has 4 nitrogen and oxygen atoms in total. The van der Waals surface area contributed by atoms with Crippen molar-refractivity contribution in [2.24, 2.45) is 0 Å². The number of aryl methyl sites for hydroxylation is 1. The minimum absolute atomic E-state index is 0.129. The fourth-order valence-corrected chi connectivity index (χ4v) is 4.00. The summed E-state index contributed by atoms with van der Waals surface area (Å²) in [5.74, 6) is -0.164. The number of amides is 1. The fraction of sp³-hybridized carbons (Fsp3) is 0.478. The van der Waals surface area contributed by atoms with Gasteiger partial charge < -0.3 is 9.88 Å². The van der Waals surface area contributed by atoms with Crippen LogP contribution in [-0.4, -0.2) is 27.9 Å². The van der Waals surface area contributed by atoms with Crippen molar-refractivity contribution < 1.29 is 4.79 Å². The Morgan fingerprint density at radius 1 is 1.22 bits per heavy atom. The molecule has 0 bridgehead atoms. The van der Waals surface area contributed by atoms with Crippen LogP contribution in [0.15, 0.2) is 41.3 Å². The predicted octanol–water partition coefficient (Wildman–Crippen LogP) is 4.22. The van der Waals surface area contributed by atoms with Crippen molar-refractivity contribution in [3.8, 4) is 0 Å². The van der Waals surface area contributed by atoms with Crippen LogP contribution in [0.2, 0.25) is 0 Å². The third kappa shape index (κ3) is 4.00. The van der Waals surface area contributed by atoms with Crippen LogP contribution >= 0.6 is 0 Å². The lowest BCUT2D eigenvalue weighted by Gasteiger charge is -2.35. The first kappa shape index (κ1) is 19.4. The molecule has 1 amide bonds. The van der Waals surface area contributed by atoms with Crippen molar-refractivity contribution in [2.45, 2.75) is 64.8 Å². The minimum Gasteiger partial charge on any atom is -0.364 e. The molecule has 144 valence electrons. The molecule has 3 rings (SSSR count). The molecular weight excluding hydrogens is 336 g/mol. The highest BCUT2D eigenvalue weighted by molar-refractivity contribution is 5.94. The van der Waals surface area contributed by atoms with E-state index in [0.29, 0.717) is 6.54 Å². The number of likely N-dealkylation sites (tertiary alicyclic amines) is 1. The molecule has 1 aromatic carbocycles. The number of pyridine rings is 1. The van der Waals surface area contributed by atoms with Gasteiger partial charge in [0.2, 0.25) is 0 Å². The van der Waals surface area contributed by atoms with Crippen molar-refractivity contribution in [1.82, 2.24) is 9.88 Å². The summed E-state index contributed by atoms with van der Waals surface area (Å²) >= 11 is 0. The maximum absolute atomic E-state index is 13.1. The zero-order chi connectivity index (χ0) is 19.8. The van der Waals surface area contributed by atoms with Crippen LogP contribution in [0.1, 0.15) is 67.7 Å². The monoisotopic (exact) mass is 366 g/mol. The Morgan fingerprint density at radius 2 is 1.89 bits per heavy atom. The number of nitrogens with zero attached hydrogens (tertiary/aromatic N) is 1. The molecule has 27 heavy (non-hydrogen) atoms. The fourth-order valence-electron chi connectivity index (χ4n) is 4.00. The number of aromatic nitrogens is 1. The van der Waals surface area contributed by atoms with Crippen molar-refractivity contribution in [3.63, 3.8) is 0 Å². The molecule has 1 fully saturated rings. The van der Waals surface area contributed by atoms with E-state index in [1.807, 2.05) is 11.8 Å². The summed E-state index contributed by atoms with van der Waals surface area (Å²) in [4.78, 5) is 30.2. The average molecular weight is 367 g/mol. The van der Waals surface area contributed by atoms with E-state index in [4.69, 9.17) is 0 Å². The topological polar surface area (TPSA) is 53.2 Å². The first-order valence-corrected chi connectivity index (χ1v) is 9.71. The molecule has 2 aromatic rings. The lowest BCUT2D eigenvalue weighted by molar-refractivity contribution is 0.0622. The molecule has 1 aromatic heterocycles. The molecule has 4 heteroatoms. The van der Waals surface area contributed by atoms with E-state index in [1.165, 1.54) is 17.2 Å². The molecule has 0 spiro atoms. The van der Waals surface area contributed by atoms with Gasteiger partial charge in [-0.1, -0.05) is 45.0 Å². The predicted molar refractivity (Wildman–Crippen MR) is 109 cm³/mol. The van der Waals surface area contributed by atoms with Crippen LogP contribution < -0.4 is 5.43 Å². The Balaban J connectivity index is 1.83. The summed E-state index contributed by atoms with van der Waals surface area (Å²) in [7, 11) is 0. The number of benzene rings is 1.